The van der Waals surface area contributed by atoms with E-state index in [0.29, 0.717) is 17.5 Å². The minimum absolute atomic E-state index is 0.223. The van der Waals surface area contributed by atoms with Crippen LogP contribution in [0, 0.1) is 0 Å². The molecule has 1 aliphatic rings. The third kappa shape index (κ3) is 4.13. The van der Waals surface area contributed by atoms with E-state index in [9.17, 15) is 14.7 Å². The maximum Gasteiger partial charge on any atom is 0.334 e. The number of carboxylic acids is 1. The molecule has 1 aliphatic heterocycles. The Hall–Kier alpha value is -3.41. The minimum Gasteiger partial charge on any atom is -0.479 e. The van der Waals surface area contributed by atoms with Crippen molar-refractivity contribution < 1.29 is 14.7 Å². The van der Waals surface area contributed by atoms with Crippen molar-refractivity contribution in [2.24, 2.45) is 0 Å². The summed E-state index contributed by atoms with van der Waals surface area (Å²) in [5, 5.41) is 17.7. The van der Waals surface area contributed by atoms with Crippen LogP contribution in [0.4, 0.5) is 0 Å². The van der Waals surface area contributed by atoms with Crippen LogP contribution in [-0.4, -0.2) is 26.8 Å². The van der Waals surface area contributed by atoms with E-state index in [1.54, 1.807) is 25.3 Å². The summed E-state index contributed by atoms with van der Waals surface area (Å²) in [6.45, 7) is 8.09. The number of aromatic nitrogens is 2. The first-order valence-electron chi connectivity index (χ1n) is 12.0. The molecule has 178 valence electrons. The summed E-state index contributed by atoms with van der Waals surface area (Å²) in [6.07, 6.45) is 4.25. The Kier molecular flexibility index (Phi) is 6.34. The zero-order chi connectivity index (χ0) is 24.5. The molecule has 6 heteroatoms. The second-order valence-corrected chi connectivity index (χ2v) is 9.81. The van der Waals surface area contributed by atoms with Crippen molar-refractivity contribution in [1.82, 2.24) is 15.1 Å². The van der Waals surface area contributed by atoms with Gasteiger partial charge in [0.05, 0.1) is 23.0 Å². The van der Waals surface area contributed by atoms with Gasteiger partial charge in [0.1, 0.15) is 0 Å². The van der Waals surface area contributed by atoms with Crippen molar-refractivity contribution in [2.45, 2.75) is 70.4 Å². The quantitative estimate of drug-likeness (QED) is 0.519. The van der Waals surface area contributed by atoms with E-state index >= 15 is 0 Å². The molecule has 34 heavy (non-hydrogen) atoms. The van der Waals surface area contributed by atoms with Crippen LogP contribution in [0.5, 0.6) is 0 Å². The largest absolute Gasteiger partial charge is 0.479 e. The lowest BCUT2D eigenvalue weighted by atomic mass is 9.79. The molecule has 0 saturated carbocycles. The molecule has 0 spiro atoms. The highest BCUT2D eigenvalue weighted by Gasteiger charge is 2.42. The van der Waals surface area contributed by atoms with Gasteiger partial charge in [0, 0.05) is 0 Å². The van der Waals surface area contributed by atoms with Crippen molar-refractivity contribution in [3.63, 3.8) is 0 Å². The summed E-state index contributed by atoms with van der Waals surface area (Å²) in [7, 11) is 0. The van der Waals surface area contributed by atoms with Crippen LogP contribution in [0.15, 0.2) is 60.8 Å². The average Bonchev–Trinajstić information content (AvgIpc) is 3.28. The molecule has 0 saturated heterocycles. The molecule has 1 aromatic heterocycles. The van der Waals surface area contributed by atoms with E-state index in [1.807, 2.05) is 35.0 Å². The minimum atomic E-state index is -1.51. The Morgan fingerprint density at radius 3 is 2.38 bits per heavy atom. The second-order valence-electron chi connectivity index (χ2n) is 9.81. The number of aliphatic carboxylic acids is 1. The number of rotatable bonds is 7. The van der Waals surface area contributed by atoms with Gasteiger partial charge in [-0.25, -0.2) is 4.79 Å². The number of hydrogen-bond donors (Lipinski definition) is 2. The van der Waals surface area contributed by atoms with Crippen LogP contribution in [0.2, 0.25) is 0 Å². The summed E-state index contributed by atoms with van der Waals surface area (Å²) in [5.41, 5.74) is 2.43. The summed E-state index contributed by atoms with van der Waals surface area (Å²) >= 11 is 0. The van der Waals surface area contributed by atoms with E-state index in [4.69, 9.17) is 0 Å². The lowest BCUT2D eigenvalue weighted by molar-refractivity contribution is -0.145. The van der Waals surface area contributed by atoms with E-state index in [-0.39, 0.29) is 17.9 Å². The number of carbonyl (C=O) groups is 2. The van der Waals surface area contributed by atoms with Crippen molar-refractivity contribution in [3.05, 3.63) is 88.7 Å². The van der Waals surface area contributed by atoms with Crippen molar-refractivity contribution in [2.75, 3.05) is 0 Å². The number of carboxylic acid groups (broad SMARTS) is 1. The fourth-order valence-corrected chi connectivity index (χ4v) is 5.22. The molecule has 2 atom stereocenters. The molecule has 2 N–H and O–H groups in total. The van der Waals surface area contributed by atoms with E-state index in [0.717, 1.165) is 24.1 Å². The highest BCUT2D eigenvalue weighted by atomic mass is 16.4. The highest BCUT2D eigenvalue weighted by molar-refractivity contribution is 5.99. The lowest BCUT2D eigenvalue weighted by Gasteiger charge is -2.37. The van der Waals surface area contributed by atoms with Gasteiger partial charge in [0.2, 0.25) is 0 Å². The Morgan fingerprint density at radius 2 is 1.79 bits per heavy atom. The predicted molar refractivity (Wildman–Crippen MR) is 132 cm³/mol. The van der Waals surface area contributed by atoms with E-state index < -0.39 is 17.4 Å². The summed E-state index contributed by atoms with van der Waals surface area (Å²) in [5.74, 6) is -1.23. The van der Waals surface area contributed by atoms with Gasteiger partial charge >= 0.3 is 5.97 Å². The number of carbonyl (C=O) groups excluding carboxylic acids is 1. The van der Waals surface area contributed by atoms with Crippen LogP contribution in [0.3, 0.4) is 0 Å². The Bertz CT molecular complexity index is 1180. The molecule has 0 fully saturated rings. The number of aryl methyl sites for hydroxylation is 1. The van der Waals surface area contributed by atoms with Gasteiger partial charge in [-0.3, -0.25) is 9.48 Å². The van der Waals surface area contributed by atoms with Crippen LogP contribution in [0.1, 0.15) is 79.2 Å². The van der Waals surface area contributed by atoms with E-state index in [1.165, 1.54) is 5.56 Å². The van der Waals surface area contributed by atoms with Crippen LogP contribution < -0.4 is 5.32 Å². The lowest BCUT2D eigenvalue weighted by Crippen LogP contribution is -2.51. The van der Waals surface area contributed by atoms with Gasteiger partial charge in [-0.2, -0.15) is 5.10 Å². The monoisotopic (exact) mass is 459 g/mol. The average molecular weight is 460 g/mol. The van der Waals surface area contributed by atoms with Gasteiger partial charge in [-0.1, -0.05) is 68.4 Å². The van der Waals surface area contributed by atoms with Gasteiger partial charge in [0.15, 0.2) is 5.54 Å². The molecule has 3 aromatic rings. The normalized spacial score (nSPS) is 18.5. The van der Waals surface area contributed by atoms with Crippen molar-refractivity contribution in [3.8, 4) is 0 Å². The van der Waals surface area contributed by atoms with Crippen molar-refractivity contribution >= 4 is 11.9 Å². The van der Waals surface area contributed by atoms with Crippen LogP contribution >= 0.6 is 0 Å². The molecule has 0 radical (unpaired) electrons. The standard InChI is InChI=1S/C28H33N3O3/c1-5-19-12-14-22(15-13-19)28(6-2,26(33)34)30-25(32)23-18-29-31-24(23)16-21(17-27(31,3)4)20-10-8-7-9-11-20/h7-15,18,21H,5-6,16-17H2,1-4H3,(H,30,32)(H,33,34)/t21-,28?/m0/s1. The third-order valence-electron chi connectivity index (χ3n) is 7.22. The molecular formula is C28H33N3O3. The summed E-state index contributed by atoms with van der Waals surface area (Å²) < 4.78 is 1.94. The topological polar surface area (TPSA) is 84.2 Å². The zero-order valence-electron chi connectivity index (χ0n) is 20.3. The number of amides is 1. The molecule has 1 unspecified atom stereocenters. The number of fused-ring (bicyclic) bond motifs is 1. The molecule has 0 bridgehead atoms. The molecule has 2 aromatic carbocycles. The first-order valence-corrected chi connectivity index (χ1v) is 12.0. The Balaban J connectivity index is 1.70. The van der Waals surface area contributed by atoms with Crippen LogP contribution in [0.25, 0.3) is 0 Å². The molecule has 6 nitrogen and oxygen atoms in total. The van der Waals surface area contributed by atoms with Gasteiger partial charge in [0.25, 0.3) is 5.91 Å². The number of benzene rings is 2. The van der Waals surface area contributed by atoms with Crippen molar-refractivity contribution in [1.29, 1.82) is 0 Å². The molecule has 4 rings (SSSR count). The molecule has 0 aliphatic carbocycles. The predicted octanol–water partition coefficient (Wildman–Crippen LogP) is 5.03. The highest BCUT2D eigenvalue weighted by Crippen LogP contribution is 2.40. The Morgan fingerprint density at radius 1 is 1.12 bits per heavy atom. The molecule has 1 amide bonds. The first-order chi connectivity index (χ1) is 16.2. The number of nitrogens with one attached hydrogen (secondary N) is 1. The van der Waals surface area contributed by atoms with E-state index in [2.05, 4.69) is 43.3 Å². The van der Waals surface area contributed by atoms with Crippen LogP contribution in [-0.2, 0) is 28.7 Å². The van der Waals surface area contributed by atoms with Gasteiger partial charge in [-0.15, -0.1) is 0 Å². The zero-order valence-corrected chi connectivity index (χ0v) is 20.3. The number of nitrogens with zero attached hydrogens (tertiary/aromatic N) is 2. The van der Waals surface area contributed by atoms with Gasteiger partial charge < -0.3 is 10.4 Å². The maximum atomic E-state index is 13.6. The molecular weight excluding hydrogens is 426 g/mol. The Labute approximate surface area is 201 Å². The summed E-state index contributed by atoms with van der Waals surface area (Å²) in [4.78, 5) is 26.1. The fourth-order valence-electron chi connectivity index (χ4n) is 5.22. The first kappa shape index (κ1) is 23.7. The number of hydrogen-bond acceptors (Lipinski definition) is 3. The maximum absolute atomic E-state index is 13.6. The third-order valence-corrected chi connectivity index (χ3v) is 7.22. The van der Waals surface area contributed by atoms with Gasteiger partial charge in [-0.05, 0) is 62.1 Å². The smallest absolute Gasteiger partial charge is 0.334 e. The SMILES string of the molecule is CCc1ccc(C(CC)(NC(=O)c2cnn3c2C[C@H](c2ccccc2)CC3(C)C)C(=O)O)cc1. The fraction of sp³-hybridized carbons (Fsp3) is 0.393. The molecule has 2 heterocycles. The summed E-state index contributed by atoms with van der Waals surface area (Å²) in [6, 6.07) is 17.8. The second kappa shape index (κ2) is 9.09.